The van der Waals surface area contributed by atoms with Crippen LogP contribution >= 0.6 is 27.5 Å². The van der Waals surface area contributed by atoms with Crippen molar-refractivity contribution in [1.82, 2.24) is 9.97 Å². The number of halogens is 2. The summed E-state index contributed by atoms with van der Waals surface area (Å²) in [6.07, 6.45) is 1.39. The number of nitrogen functional groups attached to an aromatic ring is 1. The molecule has 0 aliphatic rings. The number of aryl methyl sites for hydroxylation is 1. The first-order valence-electron chi connectivity index (χ1n) is 5.40. The third-order valence-electron chi connectivity index (χ3n) is 2.55. The van der Waals surface area contributed by atoms with Crippen molar-refractivity contribution in [3.8, 4) is 5.75 Å². The fourth-order valence-electron chi connectivity index (χ4n) is 1.53. The van der Waals surface area contributed by atoms with Crippen molar-refractivity contribution in [1.29, 1.82) is 0 Å². The van der Waals surface area contributed by atoms with Crippen LogP contribution in [0.5, 0.6) is 5.75 Å². The molecule has 0 aliphatic carbocycles. The van der Waals surface area contributed by atoms with E-state index in [2.05, 4.69) is 31.2 Å². The number of hydrogen-bond donors (Lipinski definition) is 2. The number of nitrogens with one attached hydrogen (secondary N) is 1. The van der Waals surface area contributed by atoms with Gasteiger partial charge in [-0.25, -0.2) is 9.97 Å². The Balaban J connectivity index is 2.43. The highest BCUT2D eigenvalue weighted by Gasteiger charge is 2.11. The molecule has 0 unspecified atom stereocenters. The van der Waals surface area contributed by atoms with E-state index in [1.165, 1.54) is 6.33 Å². The van der Waals surface area contributed by atoms with E-state index in [-0.39, 0.29) is 0 Å². The molecule has 0 atom stereocenters. The van der Waals surface area contributed by atoms with Gasteiger partial charge in [0.25, 0.3) is 0 Å². The van der Waals surface area contributed by atoms with Crippen LogP contribution in [0.3, 0.4) is 0 Å². The minimum atomic E-state index is 0.363. The molecule has 0 fully saturated rings. The van der Waals surface area contributed by atoms with Gasteiger partial charge in [-0.2, -0.15) is 0 Å². The molecule has 100 valence electrons. The summed E-state index contributed by atoms with van der Waals surface area (Å²) >= 11 is 9.40. The lowest BCUT2D eigenvalue weighted by molar-refractivity contribution is 0.416. The lowest BCUT2D eigenvalue weighted by Crippen LogP contribution is -2.01. The van der Waals surface area contributed by atoms with Crippen LogP contribution in [0, 0.1) is 6.92 Å². The first-order valence-corrected chi connectivity index (χ1v) is 6.57. The number of benzene rings is 1. The van der Waals surface area contributed by atoms with E-state index in [4.69, 9.17) is 22.1 Å². The average Bonchev–Trinajstić information content (AvgIpc) is 2.39. The van der Waals surface area contributed by atoms with Crippen molar-refractivity contribution in [2.75, 3.05) is 18.2 Å². The Bertz CT molecular complexity index is 621. The highest BCUT2D eigenvalue weighted by molar-refractivity contribution is 9.10. The first kappa shape index (κ1) is 13.9. The Morgan fingerprint density at radius 2 is 2.11 bits per heavy atom. The van der Waals surface area contributed by atoms with Crippen molar-refractivity contribution in [3.63, 3.8) is 0 Å². The van der Waals surface area contributed by atoms with E-state index >= 15 is 0 Å². The predicted octanol–water partition coefficient (Wildman–Crippen LogP) is 3.54. The van der Waals surface area contributed by atoms with Gasteiger partial charge in [-0.05, 0) is 34.5 Å². The molecule has 19 heavy (non-hydrogen) atoms. The van der Waals surface area contributed by atoms with Gasteiger partial charge < -0.3 is 15.8 Å². The molecule has 0 saturated heterocycles. The molecule has 0 bridgehead atoms. The molecule has 1 aromatic carbocycles. The number of hydrogen-bond acceptors (Lipinski definition) is 5. The summed E-state index contributed by atoms with van der Waals surface area (Å²) in [6, 6.07) is 3.63. The molecular formula is C12H12BrClN4O. The van der Waals surface area contributed by atoms with Crippen LogP contribution in [0.4, 0.5) is 17.3 Å². The lowest BCUT2D eigenvalue weighted by Gasteiger charge is -2.13. The fraction of sp³-hybridized carbons (Fsp3) is 0.167. The zero-order valence-corrected chi connectivity index (χ0v) is 12.7. The summed E-state index contributed by atoms with van der Waals surface area (Å²) < 4.78 is 5.89. The molecule has 1 heterocycles. The minimum absolute atomic E-state index is 0.363. The summed E-state index contributed by atoms with van der Waals surface area (Å²) in [5.74, 6) is 1.55. The molecule has 0 radical (unpaired) electrons. The molecule has 1 aromatic heterocycles. The monoisotopic (exact) mass is 342 g/mol. The van der Waals surface area contributed by atoms with Gasteiger partial charge in [-0.3, -0.25) is 0 Å². The number of rotatable bonds is 3. The van der Waals surface area contributed by atoms with Crippen LogP contribution in [0.1, 0.15) is 5.56 Å². The van der Waals surface area contributed by atoms with Gasteiger partial charge in [0.05, 0.1) is 12.8 Å². The molecule has 7 heteroatoms. The third-order valence-corrected chi connectivity index (χ3v) is 3.74. The van der Waals surface area contributed by atoms with Crippen LogP contribution in [0.2, 0.25) is 5.02 Å². The van der Waals surface area contributed by atoms with Crippen molar-refractivity contribution < 1.29 is 4.74 Å². The maximum absolute atomic E-state index is 6.06. The van der Waals surface area contributed by atoms with Crippen LogP contribution in [-0.4, -0.2) is 17.1 Å². The number of anilines is 3. The number of ether oxygens (including phenoxy) is 1. The highest BCUT2D eigenvalue weighted by atomic mass is 79.9. The molecule has 0 amide bonds. The van der Waals surface area contributed by atoms with E-state index in [0.29, 0.717) is 26.9 Å². The predicted molar refractivity (Wildman–Crippen MR) is 80.2 cm³/mol. The number of aromatic nitrogens is 2. The van der Waals surface area contributed by atoms with Crippen LogP contribution in [0.15, 0.2) is 22.9 Å². The van der Waals surface area contributed by atoms with Gasteiger partial charge in [0.2, 0.25) is 0 Å². The fourth-order valence-corrected chi connectivity index (χ4v) is 1.99. The van der Waals surface area contributed by atoms with E-state index < -0.39 is 0 Å². The molecule has 2 rings (SSSR count). The molecule has 5 nitrogen and oxygen atoms in total. The largest absolute Gasteiger partial charge is 0.495 e. The van der Waals surface area contributed by atoms with Crippen LogP contribution < -0.4 is 15.8 Å². The van der Waals surface area contributed by atoms with E-state index in [1.807, 2.05) is 13.0 Å². The van der Waals surface area contributed by atoms with Crippen molar-refractivity contribution in [3.05, 3.63) is 33.5 Å². The second-order valence-corrected chi connectivity index (χ2v) is 5.05. The first-order chi connectivity index (χ1) is 9.02. The highest BCUT2D eigenvalue weighted by Crippen LogP contribution is 2.35. The molecule has 0 spiro atoms. The lowest BCUT2D eigenvalue weighted by atomic mass is 10.2. The summed E-state index contributed by atoms with van der Waals surface area (Å²) in [4.78, 5) is 8.01. The normalized spacial score (nSPS) is 10.3. The van der Waals surface area contributed by atoms with Crippen LogP contribution in [-0.2, 0) is 0 Å². The van der Waals surface area contributed by atoms with Crippen molar-refractivity contribution in [2.24, 2.45) is 0 Å². The van der Waals surface area contributed by atoms with Crippen LogP contribution in [0.25, 0.3) is 0 Å². The Labute approximate surface area is 124 Å². The van der Waals surface area contributed by atoms with E-state index in [1.54, 1.807) is 13.2 Å². The Morgan fingerprint density at radius 3 is 2.79 bits per heavy atom. The SMILES string of the molecule is COc1cc(Cl)c(C)cc1Nc1ncnc(N)c1Br. The van der Waals surface area contributed by atoms with Gasteiger partial charge in [-0.1, -0.05) is 11.6 Å². The average molecular weight is 344 g/mol. The smallest absolute Gasteiger partial charge is 0.150 e. The van der Waals surface area contributed by atoms with E-state index in [0.717, 1.165) is 11.3 Å². The van der Waals surface area contributed by atoms with Crippen molar-refractivity contribution in [2.45, 2.75) is 6.92 Å². The van der Waals surface area contributed by atoms with Gasteiger partial charge in [0, 0.05) is 11.1 Å². The molecule has 0 saturated carbocycles. The Morgan fingerprint density at radius 1 is 1.37 bits per heavy atom. The molecule has 0 aliphatic heterocycles. The van der Waals surface area contributed by atoms with E-state index in [9.17, 15) is 0 Å². The number of nitrogens with two attached hydrogens (primary N) is 1. The van der Waals surface area contributed by atoms with Gasteiger partial charge >= 0.3 is 0 Å². The summed E-state index contributed by atoms with van der Waals surface area (Å²) in [7, 11) is 1.58. The standard InChI is InChI=1S/C12H12BrClN4O/c1-6-3-8(9(19-2)4-7(6)14)18-12-10(13)11(15)16-5-17-12/h3-5H,1-2H3,(H3,15,16,17,18). The zero-order chi connectivity index (χ0) is 14.0. The summed E-state index contributed by atoms with van der Waals surface area (Å²) in [5.41, 5.74) is 7.39. The topological polar surface area (TPSA) is 73.1 Å². The van der Waals surface area contributed by atoms with Gasteiger partial charge in [0.15, 0.2) is 0 Å². The minimum Gasteiger partial charge on any atom is -0.495 e. The summed E-state index contributed by atoms with van der Waals surface area (Å²) in [5, 5.41) is 3.78. The maximum Gasteiger partial charge on any atom is 0.150 e. The maximum atomic E-state index is 6.06. The molecule has 3 N–H and O–H groups in total. The third kappa shape index (κ3) is 2.90. The number of methoxy groups -OCH3 is 1. The Hall–Kier alpha value is -1.53. The number of nitrogens with zero attached hydrogens (tertiary/aromatic N) is 2. The second kappa shape index (κ2) is 5.63. The molecule has 2 aromatic rings. The van der Waals surface area contributed by atoms with Gasteiger partial charge in [0.1, 0.15) is 28.2 Å². The zero-order valence-electron chi connectivity index (χ0n) is 10.4. The Kier molecular flexibility index (Phi) is 4.11. The van der Waals surface area contributed by atoms with Gasteiger partial charge in [-0.15, -0.1) is 0 Å². The van der Waals surface area contributed by atoms with Crippen molar-refractivity contribution >= 4 is 44.9 Å². The summed E-state index contributed by atoms with van der Waals surface area (Å²) in [6.45, 7) is 1.91. The second-order valence-electron chi connectivity index (χ2n) is 3.85. The molecular weight excluding hydrogens is 332 g/mol. The quantitative estimate of drug-likeness (QED) is 0.892.